The number of nitrogens with zero attached hydrogens (tertiary/aromatic N) is 2. The van der Waals surface area contributed by atoms with E-state index in [0.29, 0.717) is 19.0 Å². The van der Waals surface area contributed by atoms with Crippen LogP contribution in [0.3, 0.4) is 0 Å². The molecule has 1 aromatic heterocycles. The molecule has 1 rings (SSSR count). The van der Waals surface area contributed by atoms with Crippen molar-refractivity contribution in [3.8, 4) is 0 Å². The fourth-order valence-corrected chi connectivity index (χ4v) is 1.83. The molecule has 0 aliphatic rings. The Kier molecular flexibility index (Phi) is 5.67. The van der Waals surface area contributed by atoms with Crippen molar-refractivity contribution in [1.29, 1.82) is 0 Å². The van der Waals surface area contributed by atoms with Gasteiger partial charge in [0, 0.05) is 13.2 Å². The zero-order valence-corrected chi connectivity index (χ0v) is 10.1. The van der Waals surface area contributed by atoms with Crippen molar-refractivity contribution in [2.75, 3.05) is 19.0 Å². The highest BCUT2D eigenvalue weighted by Gasteiger charge is 2.10. The molecule has 1 heterocycles. The fourth-order valence-electron chi connectivity index (χ4n) is 1.05. The summed E-state index contributed by atoms with van der Waals surface area (Å²) in [6, 6.07) is 0. The van der Waals surface area contributed by atoms with Gasteiger partial charge in [-0.15, -0.1) is 5.10 Å². The van der Waals surface area contributed by atoms with Gasteiger partial charge in [-0.2, -0.15) is 0 Å². The zero-order chi connectivity index (χ0) is 11.1. The summed E-state index contributed by atoms with van der Waals surface area (Å²) in [7, 11) is 0. The van der Waals surface area contributed by atoms with Crippen molar-refractivity contribution >= 4 is 11.8 Å². The van der Waals surface area contributed by atoms with Crippen molar-refractivity contribution in [3.05, 3.63) is 5.82 Å². The molecule has 0 amide bonds. The van der Waals surface area contributed by atoms with Gasteiger partial charge in [-0.1, -0.05) is 11.8 Å². The Morgan fingerprint density at radius 1 is 1.33 bits per heavy atom. The van der Waals surface area contributed by atoms with Crippen LogP contribution < -0.4 is 0 Å². The van der Waals surface area contributed by atoms with Crippen LogP contribution in [0.2, 0.25) is 0 Å². The van der Waals surface area contributed by atoms with Gasteiger partial charge in [0.2, 0.25) is 5.16 Å². The van der Waals surface area contributed by atoms with Gasteiger partial charge in [0.15, 0.2) is 6.29 Å². The number of ether oxygens (including phenoxy) is 2. The first-order valence-corrected chi connectivity index (χ1v) is 5.99. The van der Waals surface area contributed by atoms with Gasteiger partial charge < -0.3 is 9.47 Å². The summed E-state index contributed by atoms with van der Waals surface area (Å²) in [5.74, 6) is 1.53. The first-order valence-electron chi connectivity index (χ1n) is 5.01. The molecule has 0 saturated carbocycles. The normalized spacial score (nSPS) is 11.2. The van der Waals surface area contributed by atoms with E-state index < -0.39 is 0 Å². The SMILES string of the molecule is CCOC(CSc1n[nH]c(C)n1)OCC. The maximum atomic E-state index is 5.40. The van der Waals surface area contributed by atoms with E-state index >= 15 is 0 Å². The average Bonchev–Trinajstić information content (AvgIpc) is 2.61. The van der Waals surface area contributed by atoms with Crippen LogP contribution in [0, 0.1) is 6.92 Å². The molecule has 0 aliphatic carbocycles. The van der Waals surface area contributed by atoms with E-state index in [0.717, 1.165) is 11.0 Å². The minimum atomic E-state index is -0.177. The molecule has 0 aliphatic heterocycles. The average molecular weight is 231 g/mol. The molecule has 0 radical (unpaired) electrons. The highest BCUT2D eigenvalue weighted by Crippen LogP contribution is 2.15. The third kappa shape index (κ3) is 4.63. The summed E-state index contributed by atoms with van der Waals surface area (Å²) >= 11 is 1.53. The van der Waals surface area contributed by atoms with Crippen LogP contribution in [0.15, 0.2) is 5.16 Å². The van der Waals surface area contributed by atoms with E-state index in [4.69, 9.17) is 9.47 Å². The van der Waals surface area contributed by atoms with Gasteiger partial charge in [0.25, 0.3) is 0 Å². The number of thioether (sulfide) groups is 1. The maximum Gasteiger partial charge on any atom is 0.208 e. The number of hydrogen-bond acceptors (Lipinski definition) is 5. The monoisotopic (exact) mass is 231 g/mol. The Hall–Kier alpha value is -0.590. The molecule has 1 aromatic rings. The van der Waals surface area contributed by atoms with Crippen LogP contribution in [0.1, 0.15) is 19.7 Å². The number of rotatable bonds is 7. The predicted octanol–water partition coefficient (Wildman–Crippen LogP) is 1.60. The summed E-state index contributed by atoms with van der Waals surface area (Å²) in [5.41, 5.74) is 0. The van der Waals surface area contributed by atoms with Gasteiger partial charge in [0.05, 0.1) is 5.75 Å². The molecule has 0 fully saturated rings. The van der Waals surface area contributed by atoms with Gasteiger partial charge in [-0.05, 0) is 20.8 Å². The lowest BCUT2D eigenvalue weighted by Gasteiger charge is -2.15. The van der Waals surface area contributed by atoms with Crippen molar-refractivity contribution in [3.63, 3.8) is 0 Å². The lowest BCUT2D eigenvalue weighted by molar-refractivity contribution is -0.120. The molecule has 86 valence electrons. The van der Waals surface area contributed by atoms with Crippen LogP contribution >= 0.6 is 11.8 Å². The topological polar surface area (TPSA) is 60.0 Å². The van der Waals surface area contributed by atoms with Crippen molar-refractivity contribution in [2.45, 2.75) is 32.2 Å². The zero-order valence-electron chi connectivity index (χ0n) is 9.32. The molecule has 0 aromatic carbocycles. The van der Waals surface area contributed by atoms with Crippen LogP contribution in [0.5, 0.6) is 0 Å². The first-order chi connectivity index (χ1) is 7.26. The van der Waals surface area contributed by atoms with E-state index in [2.05, 4.69) is 15.2 Å². The quantitative estimate of drug-likeness (QED) is 0.570. The standard InChI is InChI=1S/C9H17N3O2S/c1-4-13-8(14-5-2)6-15-9-10-7(3)11-12-9/h8H,4-6H2,1-3H3,(H,10,11,12). The molecular weight excluding hydrogens is 214 g/mol. The molecule has 5 nitrogen and oxygen atoms in total. The van der Waals surface area contributed by atoms with Crippen molar-refractivity contribution < 1.29 is 9.47 Å². The van der Waals surface area contributed by atoms with Crippen LogP contribution in [-0.4, -0.2) is 40.4 Å². The second kappa shape index (κ2) is 6.81. The van der Waals surface area contributed by atoms with Gasteiger partial charge in [0.1, 0.15) is 5.82 Å². The van der Waals surface area contributed by atoms with Crippen molar-refractivity contribution in [2.24, 2.45) is 0 Å². The molecule has 0 bridgehead atoms. The van der Waals surface area contributed by atoms with E-state index in [1.165, 1.54) is 11.8 Å². The second-order valence-electron chi connectivity index (χ2n) is 2.85. The molecule has 0 saturated heterocycles. The Bertz CT molecular complexity index is 274. The first kappa shape index (κ1) is 12.5. The predicted molar refractivity (Wildman–Crippen MR) is 58.9 cm³/mol. The summed E-state index contributed by atoms with van der Waals surface area (Å²) < 4.78 is 10.8. The molecule has 15 heavy (non-hydrogen) atoms. The minimum Gasteiger partial charge on any atom is -0.352 e. The lowest BCUT2D eigenvalue weighted by Crippen LogP contribution is -2.20. The van der Waals surface area contributed by atoms with E-state index in [1.807, 2.05) is 20.8 Å². The number of hydrogen-bond donors (Lipinski definition) is 1. The number of nitrogens with one attached hydrogen (secondary N) is 1. The molecular formula is C9H17N3O2S. The third-order valence-corrected chi connectivity index (χ3v) is 2.51. The lowest BCUT2D eigenvalue weighted by atomic mass is 10.7. The van der Waals surface area contributed by atoms with E-state index in [-0.39, 0.29) is 6.29 Å². The smallest absolute Gasteiger partial charge is 0.208 e. The highest BCUT2D eigenvalue weighted by molar-refractivity contribution is 7.99. The number of aromatic nitrogens is 3. The number of H-pyrrole nitrogens is 1. The summed E-state index contributed by atoms with van der Waals surface area (Å²) in [6.45, 7) is 7.08. The van der Waals surface area contributed by atoms with E-state index in [9.17, 15) is 0 Å². The molecule has 6 heteroatoms. The fraction of sp³-hybridized carbons (Fsp3) is 0.778. The van der Waals surface area contributed by atoms with Gasteiger partial charge in [-0.25, -0.2) is 4.98 Å². The summed E-state index contributed by atoms with van der Waals surface area (Å²) in [5, 5.41) is 7.55. The van der Waals surface area contributed by atoms with Gasteiger partial charge in [-0.3, -0.25) is 5.10 Å². The Labute approximate surface area is 94.0 Å². The third-order valence-electron chi connectivity index (χ3n) is 1.63. The molecule has 0 spiro atoms. The number of aromatic amines is 1. The van der Waals surface area contributed by atoms with Gasteiger partial charge >= 0.3 is 0 Å². The van der Waals surface area contributed by atoms with Crippen LogP contribution in [0.25, 0.3) is 0 Å². The largest absolute Gasteiger partial charge is 0.352 e. The summed E-state index contributed by atoms with van der Waals surface area (Å²) in [6.07, 6.45) is -0.177. The maximum absolute atomic E-state index is 5.40. The van der Waals surface area contributed by atoms with Crippen LogP contribution in [-0.2, 0) is 9.47 Å². The summed E-state index contributed by atoms with van der Waals surface area (Å²) in [4.78, 5) is 4.19. The number of aryl methyl sites for hydroxylation is 1. The Morgan fingerprint density at radius 3 is 2.47 bits per heavy atom. The molecule has 0 atom stereocenters. The minimum absolute atomic E-state index is 0.177. The molecule has 0 unspecified atom stereocenters. The Morgan fingerprint density at radius 2 is 2.00 bits per heavy atom. The van der Waals surface area contributed by atoms with Crippen LogP contribution in [0.4, 0.5) is 0 Å². The highest BCUT2D eigenvalue weighted by atomic mass is 32.2. The van der Waals surface area contributed by atoms with Crippen molar-refractivity contribution in [1.82, 2.24) is 15.2 Å². The second-order valence-corrected chi connectivity index (χ2v) is 3.84. The Balaban J connectivity index is 2.32. The van der Waals surface area contributed by atoms with E-state index in [1.54, 1.807) is 0 Å². The molecule has 1 N–H and O–H groups in total.